The molecule has 0 saturated carbocycles. The molecule has 7 rings (SSSR count). The van der Waals surface area contributed by atoms with Gasteiger partial charge in [-0.1, -0.05) is 66.2 Å². The number of nitro benzene ring substituents is 1. The van der Waals surface area contributed by atoms with Crippen LogP contribution < -0.4 is 14.9 Å². The standard InChI is InChI=1S/C46H51ClN8O4S2/c1-46(2,3)52(4)23-22-36(31-60-38-11-6-5-7-12-38)50-42-21-19-39(29-44(42)55(56)57)61(58,59)51-45-41-20-18-37(28-43(41)48-32-49-45)54-26-24-53(25-27-54)30-34-10-8-9-13-40(34)33-14-16-35(47)17-15-33/h5-21,28-29,32,36,50H,22-27,30-31H2,1-4H3,(H,48,49,51). The van der Waals surface area contributed by atoms with Crippen LogP contribution in [0.15, 0.2) is 131 Å². The van der Waals surface area contributed by atoms with Crippen LogP contribution in [0.2, 0.25) is 5.02 Å². The van der Waals surface area contributed by atoms with Gasteiger partial charge in [-0.05, 0) is 106 Å². The van der Waals surface area contributed by atoms with E-state index >= 15 is 0 Å². The number of benzene rings is 5. The zero-order chi connectivity index (χ0) is 43.1. The minimum atomic E-state index is -4.28. The molecule has 1 saturated heterocycles. The number of hydrogen-bond acceptors (Lipinski definition) is 11. The van der Waals surface area contributed by atoms with Crippen LogP contribution in [0, 0.1) is 10.1 Å². The Kier molecular flexibility index (Phi) is 13.8. The Morgan fingerprint density at radius 3 is 2.34 bits per heavy atom. The highest BCUT2D eigenvalue weighted by Gasteiger charge is 2.26. The third-order valence-corrected chi connectivity index (χ3v) is 13.9. The van der Waals surface area contributed by atoms with Crippen molar-refractivity contribution >= 4 is 67.2 Å². The van der Waals surface area contributed by atoms with Crippen molar-refractivity contribution in [2.45, 2.75) is 55.1 Å². The highest BCUT2D eigenvalue weighted by Crippen LogP contribution is 2.33. The number of hydrogen-bond donors (Lipinski definition) is 2. The van der Waals surface area contributed by atoms with Gasteiger partial charge in [-0.15, -0.1) is 11.8 Å². The first-order valence-corrected chi connectivity index (χ1v) is 23.1. The lowest BCUT2D eigenvalue weighted by Crippen LogP contribution is -2.46. The van der Waals surface area contributed by atoms with E-state index in [0.717, 1.165) is 61.5 Å². The molecule has 15 heteroatoms. The Morgan fingerprint density at radius 1 is 0.902 bits per heavy atom. The Labute approximate surface area is 367 Å². The van der Waals surface area contributed by atoms with Crippen LogP contribution in [0.3, 0.4) is 0 Å². The summed E-state index contributed by atoms with van der Waals surface area (Å²) in [5.41, 5.74) is 5.03. The van der Waals surface area contributed by atoms with Gasteiger partial charge < -0.3 is 15.1 Å². The first kappa shape index (κ1) is 43.8. The molecule has 1 unspecified atom stereocenters. The number of fused-ring (bicyclic) bond motifs is 1. The maximum atomic E-state index is 13.8. The third kappa shape index (κ3) is 11.2. The van der Waals surface area contributed by atoms with Gasteiger partial charge in [0.2, 0.25) is 0 Å². The van der Waals surface area contributed by atoms with Gasteiger partial charge in [0.1, 0.15) is 12.0 Å². The van der Waals surface area contributed by atoms with E-state index in [2.05, 4.69) is 98.9 Å². The third-order valence-electron chi connectivity index (χ3n) is 11.1. The molecule has 318 valence electrons. The molecular weight excluding hydrogens is 828 g/mol. The predicted octanol–water partition coefficient (Wildman–Crippen LogP) is 9.67. The first-order chi connectivity index (χ1) is 29.2. The Morgan fingerprint density at radius 2 is 1.62 bits per heavy atom. The van der Waals surface area contributed by atoms with Crippen molar-refractivity contribution in [3.63, 3.8) is 0 Å². The van der Waals surface area contributed by atoms with Gasteiger partial charge in [0, 0.05) is 83.7 Å². The summed E-state index contributed by atoms with van der Waals surface area (Å²) in [6.45, 7) is 11.4. The Bertz CT molecular complexity index is 2570. The van der Waals surface area contributed by atoms with Crippen LogP contribution in [-0.2, 0) is 16.6 Å². The molecule has 0 aliphatic carbocycles. The lowest BCUT2D eigenvalue weighted by Gasteiger charge is -2.36. The minimum Gasteiger partial charge on any atom is -0.376 e. The van der Waals surface area contributed by atoms with E-state index in [0.29, 0.717) is 28.1 Å². The maximum Gasteiger partial charge on any atom is 0.293 e. The molecule has 0 radical (unpaired) electrons. The molecule has 1 aromatic heterocycles. The van der Waals surface area contributed by atoms with Gasteiger partial charge in [0.05, 0.1) is 15.3 Å². The molecule has 1 aliphatic rings. The molecular formula is C46H51ClN8O4S2. The SMILES string of the molecule is CN(CCC(CSc1ccccc1)Nc1ccc(S(=O)(=O)Nc2ncnc3cc(N4CCN(Cc5ccccc5-c5ccc(Cl)cc5)CC4)ccc23)cc1[N+](=O)[O-])C(C)(C)C. The summed E-state index contributed by atoms with van der Waals surface area (Å²) < 4.78 is 30.2. The lowest BCUT2D eigenvalue weighted by atomic mass is 9.99. The fraction of sp³-hybridized carbons (Fsp3) is 0.304. The number of aromatic nitrogens is 2. The second-order valence-corrected chi connectivity index (χ2v) is 19.5. The number of nitrogens with zero attached hydrogens (tertiary/aromatic N) is 6. The fourth-order valence-electron chi connectivity index (χ4n) is 7.25. The van der Waals surface area contributed by atoms with Crippen LogP contribution in [0.1, 0.15) is 32.8 Å². The number of anilines is 3. The molecule has 61 heavy (non-hydrogen) atoms. The number of halogens is 1. The molecule has 12 nitrogen and oxygen atoms in total. The molecule has 6 aromatic rings. The van der Waals surface area contributed by atoms with Gasteiger partial charge in [-0.25, -0.2) is 18.4 Å². The molecule has 0 bridgehead atoms. The summed E-state index contributed by atoms with van der Waals surface area (Å²) in [5, 5.41) is 17.0. The highest BCUT2D eigenvalue weighted by atomic mass is 35.5. The summed E-state index contributed by atoms with van der Waals surface area (Å²) in [6.07, 6.45) is 2.03. The average Bonchev–Trinajstić information content (AvgIpc) is 3.25. The van der Waals surface area contributed by atoms with E-state index in [4.69, 9.17) is 11.6 Å². The molecule has 2 N–H and O–H groups in total. The van der Waals surface area contributed by atoms with E-state index in [1.54, 1.807) is 11.8 Å². The number of sulfonamides is 1. The summed E-state index contributed by atoms with van der Waals surface area (Å²) in [7, 11) is -2.22. The number of thioether (sulfide) groups is 1. The van der Waals surface area contributed by atoms with Crippen LogP contribution >= 0.6 is 23.4 Å². The van der Waals surface area contributed by atoms with Gasteiger partial charge in [0.15, 0.2) is 5.82 Å². The molecule has 0 amide bonds. The molecule has 0 spiro atoms. The van der Waals surface area contributed by atoms with Crippen molar-refractivity contribution in [3.8, 4) is 11.1 Å². The van der Waals surface area contributed by atoms with Gasteiger partial charge in [-0.2, -0.15) is 0 Å². The van der Waals surface area contributed by atoms with Crippen molar-refractivity contribution in [1.29, 1.82) is 0 Å². The topological polar surface area (TPSA) is 137 Å². The highest BCUT2D eigenvalue weighted by molar-refractivity contribution is 7.99. The van der Waals surface area contributed by atoms with E-state index in [1.165, 1.54) is 29.6 Å². The van der Waals surface area contributed by atoms with Crippen LogP contribution in [0.25, 0.3) is 22.0 Å². The second-order valence-electron chi connectivity index (χ2n) is 16.2. The van der Waals surface area contributed by atoms with Crippen LogP contribution in [0.5, 0.6) is 0 Å². The number of piperazine rings is 1. The Hall–Kier alpha value is -5.25. The van der Waals surface area contributed by atoms with Crippen LogP contribution in [-0.4, -0.2) is 90.2 Å². The minimum absolute atomic E-state index is 0.0479. The lowest BCUT2D eigenvalue weighted by molar-refractivity contribution is -0.384. The van der Waals surface area contributed by atoms with Gasteiger partial charge in [0.25, 0.3) is 15.7 Å². The smallest absolute Gasteiger partial charge is 0.293 e. The summed E-state index contributed by atoms with van der Waals surface area (Å²) >= 11 is 7.81. The van der Waals surface area contributed by atoms with Crippen molar-refractivity contribution in [2.75, 3.05) is 60.5 Å². The Balaban J connectivity index is 1.03. The average molecular weight is 880 g/mol. The van der Waals surface area contributed by atoms with E-state index in [9.17, 15) is 18.5 Å². The van der Waals surface area contributed by atoms with Crippen molar-refractivity contribution in [2.24, 2.45) is 0 Å². The van der Waals surface area contributed by atoms with E-state index < -0.39 is 14.9 Å². The maximum absolute atomic E-state index is 13.8. The largest absolute Gasteiger partial charge is 0.376 e. The van der Waals surface area contributed by atoms with Crippen molar-refractivity contribution in [1.82, 2.24) is 19.8 Å². The number of nitro groups is 1. The fourth-order valence-corrected chi connectivity index (χ4v) is 9.42. The number of rotatable bonds is 16. The predicted molar refractivity (Wildman–Crippen MR) is 249 cm³/mol. The quantitative estimate of drug-likeness (QED) is 0.0546. The zero-order valence-electron chi connectivity index (χ0n) is 34.8. The first-order valence-electron chi connectivity index (χ1n) is 20.3. The normalized spacial score (nSPS) is 14.3. The molecule has 2 heterocycles. The summed E-state index contributed by atoms with van der Waals surface area (Å²) in [5.74, 6) is 0.742. The number of nitrogens with one attached hydrogen (secondary N) is 2. The van der Waals surface area contributed by atoms with E-state index in [-0.39, 0.29) is 33.7 Å². The van der Waals surface area contributed by atoms with Crippen LogP contribution in [0.4, 0.5) is 22.9 Å². The van der Waals surface area contributed by atoms with Crippen molar-refractivity contribution in [3.05, 3.63) is 142 Å². The van der Waals surface area contributed by atoms with Crippen molar-refractivity contribution < 1.29 is 13.3 Å². The molecule has 1 fully saturated rings. The summed E-state index contributed by atoms with van der Waals surface area (Å²) in [6, 6.07) is 35.9. The van der Waals surface area contributed by atoms with E-state index in [1.807, 2.05) is 60.7 Å². The molecule has 1 aliphatic heterocycles. The molecule has 1 atom stereocenters. The summed E-state index contributed by atoms with van der Waals surface area (Å²) in [4.78, 5) is 28.5. The second kappa shape index (κ2) is 19.2. The monoisotopic (exact) mass is 878 g/mol. The zero-order valence-corrected chi connectivity index (χ0v) is 37.2. The van der Waals surface area contributed by atoms with Gasteiger partial charge >= 0.3 is 0 Å². The molecule has 5 aromatic carbocycles. The van der Waals surface area contributed by atoms with Gasteiger partial charge in [-0.3, -0.25) is 19.7 Å².